The molecule has 0 aromatic rings. The van der Waals surface area contributed by atoms with Crippen LogP contribution < -0.4 is 0 Å². The van der Waals surface area contributed by atoms with Crippen LogP contribution in [0.4, 0.5) is 0 Å². The summed E-state index contributed by atoms with van der Waals surface area (Å²) < 4.78 is 5.25. The predicted octanol–water partition coefficient (Wildman–Crippen LogP) is -2.10. The van der Waals surface area contributed by atoms with Crippen LogP contribution in [-0.4, -0.2) is 74.4 Å². The van der Waals surface area contributed by atoms with Gasteiger partial charge in [-0.3, -0.25) is 0 Å². The van der Waals surface area contributed by atoms with E-state index in [4.69, 9.17) is 14.9 Å². The fourth-order valence-electron chi connectivity index (χ4n) is 1.47. The Labute approximate surface area is 97.9 Å². The lowest BCUT2D eigenvalue weighted by atomic mass is 10.0. The maximum Gasteiger partial charge on any atom is 0.132 e. The van der Waals surface area contributed by atoms with Gasteiger partial charge in [0.25, 0.3) is 0 Å². The molecule has 5 atom stereocenters. The van der Waals surface area contributed by atoms with Crippen LogP contribution in [0.5, 0.6) is 0 Å². The van der Waals surface area contributed by atoms with Crippen molar-refractivity contribution in [3.8, 4) is 0 Å². The van der Waals surface area contributed by atoms with E-state index >= 15 is 0 Å². The van der Waals surface area contributed by atoms with Crippen LogP contribution >= 0.6 is 11.8 Å². The minimum absolute atomic E-state index is 0.0461. The topological polar surface area (TPSA) is 110 Å². The van der Waals surface area contributed by atoms with Crippen LogP contribution in [0, 0.1) is 0 Å². The van der Waals surface area contributed by atoms with E-state index in [0.717, 1.165) is 0 Å². The molecule has 1 saturated heterocycles. The van der Waals surface area contributed by atoms with Gasteiger partial charge >= 0.3 is 0 Å². The molecular weight excluding hydrogens is 236 g/mol. The van der Waals surface area contributed by atoms with E-state index in [2.05, 4.69) is 0 Å². The first-order valence-electron chi connectivity index (χ1n) is 5.14. The van der Waals surface area contributed by atoms with E-state index in [1.54, 1.807) is 0 Å². The summed E-state index contributed by atoms with van der Waals surface area (Å²) in [5.74, 6) is 0.569. The van der Waals surface area contributed by atoms with Gasteiger partial charge in [0.05, 0.1) is 6.61 Å². The van der Waals surface area contributed by atoms with Gasteiger partial charge in [-0.05, 0) is 12.2 Å². The second-order valence-corrected chi connectivity index (χ2v) is 4.85. The molecule has 0 aliphatic carbocycles. The highest BCUT2D eigenvalue weighted by atomic mass is 32.2. The molecule has 96 valence electrons. The summed E-state index contributed by atoms with van der Waals surface area (Å²) in [7, 11) is 0. The van der Waals surface area contributed by atoms with Gasteiger partial charge in [0.15, 0.2) is 0 Å². The third-order valence-corrected chi connectivity index (χ3v) is 3.68. The predicted molar refractivity (Wildman–Crippen MR) is 57.9 cm³/mol. The highest BCUT2D eigenvalue weighted by Crippen LogP contribution is 2.28. The van der Waals surface area contributed by atoms with E-state index in [-0.39, 0.29) is 6.61 Å². The van der Waals surface area contributed by atoms with Gasteiger partial charge in [-0.1, -0.05) is 0 Å². The maximum absolute atomic E-state index is 9.62. The van der Waals surface area contributed by atoms with E-state index < -0.39 is 36.5 Å². The molecule has 1 rings (SSSR count). The van der Waals surface area contributed by atoms with Crippen molar-refractivity contribution in [3.63, 3.8) is 0 Å². The van der Waals surface area contributed by atoms with Crippen LogP contribution in [0.2, 0.25) is 0 Å². The number of thioether (sulfide) groups is 1. The first-order valence-corrected chi connectivity index (χ1v) is 6.19. The quantitative estimate of drug-likeness (QED) is 0.357. The highest BCUT2D eigenvalue weighted by Gasteiger charge is 2.43. The van der Waals surface area contributed by atoms with Crippen molar-refractivity contribution >= 4 is 11.8 Å². The van der Waals surface area contributed by atoms with Crippen LogP contribution in [0.3, 0.4) is 0 Å². The molecule has 1 unspecified atom stereocenters. The third kappa shape index (κ3) is 3.30. The number of aliphatic hydroxyl groups is 5. The number of aliphatic hydroxyl groups excluding tert-OH is 5. The molecule has 1 heterocycles. The molecule has 0 amide bonds. The molecule has 0 radical (unpaired) electrons. The van der Waals surface area contributed by atoms with Crippen LogP contribution in [0.1, 0.15) is 6.42 Å². The summed E-state index contributed by atoms with van der Waals surface area (Å²) in [6.45, 7) is -0.369. The first-order chi connectivity index (χ1) is 7.61. The Morgan fingerprint density at radius 2 is 1.69 bits per heavy atom. The van der Waals surface area contributed by atoms with Gasteiger partial charge in [-0.25, -0.2) is 0 Å². The van der Waals surface area contributed by atoms with Crippen molar-refractivity contribution in [1.29, 1.82) is 0 Å². The van der Waals surface area contributed by atoms with Gasteiger partial charge in [0.1, 0.15) is 29.9 Å². The Morgan fingerprint density at radius 1 is 1.00 bits per heavy atom. The zero-order valence-corrected chi connectivity index (χ0v) is 9.58. The lowest BCUT2D eigenvalue weighted by Crippen LogP contribution is -2.57. The second-order valence-electron chi connectivity index (χ2n) is 3.65. The number of ether oxygens (including phenoxy) is 1. The smallest absolute Gasteiger partial charge is 0.132 e. The van der Waals surface area contributed by atoms with Crippen molar-refractivity contribution in [2.75, 3.05) is 19.0 Å². The Kier molecular flexibility index (Phi) is 5.98. The molecule has 5 N–H and O–H groups in total. The SMILES string of the molecule is OCCCSC1O[C@H](CO)[C@@H](O)[C@H](O)[C@H]1O. The van der Waals surface area contributed by atoms with Crippen molar-refractivity contribution in [2.45, 2.75) is 36.3 Å². The fraction of sp³-hybridized carbons (Fsp3) is 1.00. The summed E-state index contributed by atoms with van der Waals surface area (Å²) in [4.78, 5) is 0. The molecule has 1 aliphatic heterocycles. The van der Waals surface area contributed by atoms with Crippen LogP contribution in [0.25, 0.3) is 0 Å². The van der Waals surface area contributed by atoms with E-state index in [1.165, 1.54) is 11.8 Å². The third-order valence-electron chi connectivity index (χ3n) is 2.43. The summed E-state index contributed by atoms with van der Waals surface area (Å²) in [6.07, 6.45) is -4.13. The minimum Gasteiger partial charge on any atom is -0.396 e. The second kappa shape index (κ2) is 6.75. The summed E-state index contributed by atoms with van der Waals surface area (Å²) in [5, 5.41) is 46.1. The molecule has 7 heteroatoms. The Bertz CT molecular complexity index is 202. The number of hydrogen-bond donors (Lipinski definition) is 5. The minimum atomic E-state index is -1.32. The molecule has 6 nitrogen and oxygen atoms in total. The molecule has 16 heavy (non-hydrogen) atoms. The lowest BCUT2D eigenvalue weighted by molar-refractivity contribution is -0.205. The van der Waals surface area contributed by atoms with Crippen molar-refractivity contribution in [3.05, 3.63) is 0 Å². The van der Waals surface area contributed by atoms with Crippen molar-refractivity contribution in [1.82, 2.24) is 0 Å². The molecule has 0 spiro atoms. The Morgan fingerprint density at radius 3 is 2.25 bits per heavy atom. The standard InChI is InChI=1S/C9H18O6S/c10-2-1-3-16-9-8(14)7(13)6(12)5(4-11)15-9/h5-14H,1-4H2/t5-,6-,7+,8-,9?/m1/s1. The van der Waals surface area contributed by atoms with E-state index in [9.17, 15) is 15.3 Å². The van der Waals surface area contributed by atoms with E-state index in [0.29, 0.717) is 12.2 Å². The van der Waals surface area contributed by atoms with Gasteiger partial charge in [0, 0.05) is 6.61 Å². The van der Waals surface area contributed by atoms with E-state index in [1.807, 2.05) is 0 Å². The zero-order valence-electron chi connectivity index (χ0n) is 8.77. The van der Waals surface area contributed by atoms with Gasteiger partial charge in [-0.15, -0.1) is 11.8 Å². The average Bonchev–Trinajstić information content (AvgIpc) is 2.29. The number of rotatable bonds is 5. The highest BCUT2D eigenvalue weighted by molar-refractivity contribution is 7.99. The lowest BCUT2D eigenvalue weighted by Gasteiger charge is -2.39. The molecule has 1 aliphatic rings. The Balaban J connectivity index is 2.50. The summed E-state index contributed by atoms with van der Waals surface area (Å²) in [6, 6.07) is 0. The molecular formula is C9H18O6S. The van der Waals surface area contributed by atoms with Crippen LogP contribution in [-0.2, 0) is 4.74 Å². The van der Waals surface area contributed by atoms with Gasteiger partial charge in [-0.2, -0.15) is 0 Å². The maximum atomic E-state index is 9.62. The van der Waals surface area contributed by atoms with Gasteiger partial charge in [0.2, 0.25) is 0 Å². The summed E-state index contributed by atoms with van der Waals surface area (Å²) >= 11 is 1.24. The molecule has 1 fully saturated rings. The largest absolute Gasteiger partial charge is 0.396 e. The fourth-order valence-corrected chi connectivity index (χ4v) is 2.58. The molecule has 0 aromatic carbocycles. The number of hydrogen-bond acceptors (Lipinski definition) is 7. The average molecular weight is 254 g/mol. The first kappa shape index (κ1) is 14.2. The van der Waals surface area contributed by atoms with Gasteiger partial charge < -0.3 is 30.3 Å². The summed E-state index contributed by atoms with van der Waals surface area (Å²) in [5.41, 5.74) is -0.693. The molecule has 0 bridgehead atoms. The monoisotopic (exact) mass is 254 g/mol. The Hall–Kier alpha value is 0.110. The van der Waals surface area contributed by atoms with Crippen molar-refractivity contribution in [2.24, 2.45) is 0 Å². The molecule has 0 saturated carbocycles. The normalized spacial score (nSPS) is 39.9. The molecule has 0 aromatic heterocycles. The zero-order chi connectivity index (χ0) is 12.1. The van der Waals surface area contributed by atoms with Crippen LogP contribution in [0.15, 0.2) is 0 Å². The van der Waals surface area contributed by atoms with Crippen molar-refractivity contribution < 1.29 is 30.3 Å².